The fraction of sp³-hybridized carbons (Fsp3) is 0.143. The molecule has 0 spiro atoms. The average Bonchev–Trinajstić information content (AvgIpc) is 2.33. The van der Waals surface area contributed by atoms with Crippen molar-refractivity contribution in [1.82, 2.24) is 19.9 Å². The Kier molecular flexibility index (Phi) is 4.21. The van der Waals surface area contributed by atoms with Crippen LogP contribution in [0.25, 0.3) is 11.2 Å². The molecule has 13 heteroatoms. The van der Waals surface area contributed by atoms with Crippen LogP contribution in [-0.4, -0.2) is 34.6 Å². The molecule has 1 atom stereocenters. The third kappa shape index (κ3) is 4.36. The van der Waals surface area contributed by atoms with Crippen molar-refractivity contribution in [3.63, 3.8) is 0 Å². The third-order valence-electron chi connectivity index (χ3n) is 1.84. The fourth-order valence-electron chi connectivity index (χ4n) is 1.17. The number of phosphoric ester groups is 1. The lowest BCUT2D eigenvalue weighted by Gasteiger charge is -2.11. The first-order chi connectivity index (χ1) is 9.25. The highest BCUT2D eigenvalue weighted by molar-refractivity contribution is 7.60. The minimum atomic E-state index is -5.15. The van der Waals surface area contributed by atoms with Gasteiger partial charge in [-0.1, -0.05) is 0 Å². The standard InChI is InChI=1S/C7H8N4O7P2/c12-19(13,14)18-20(15,16)17-4-6-10-3-5-7(11-6)9-2-1-8-5/h1-3H,4H2,(H,15,16)(H2,12,13,14). The molecule has 0 aliphatic rings. The lowest BCUT2D eigenvalue weighted by atomic mass is 10.5. The van der Waals surface area contributed by atoms with E-state index in [1.165, 1.54) is 18.6 Å². The highest BCUT2D eigenvalue weighted by Crippen LogP contribution is 2.57. The van der Waals surface area contributed by atoms with Crippen LogP contribution in [0.5, 0.6) is 0 Å². The van der Waals surface area contributed by atoms with Crippen LogP contribution in [0.15, 0.2) is 18.6 Å². The van der Waals surface area contributed by atoms with Gasteiger partial charge in [-0.2, -0.15) is 4.31 Å². The van der Waals surface area contributed by atoms with Crippen molar-refractivity contribution in [2.24, 2.45) is 0 Å². The van der Waals surface area contributed by atoms with Gasteiger partial charge in [-0.05, 0) is 0 Å². The third-order valence-corrected chi connectivity index (χ3v) is 3.98. The average molecular weight is 322 g/mol. The molecular weight excluding hydrogens is 314 g/mol. The van der Waals surface area contributed by atoms with Gasteiger partial charge in [-0.15, -0.1) is 0 Å². The number of hydrogen-bond donors (Lipinski definition) is 3. The molecule has 3 N–H and O–H groups in total. The van der Waals surface area contributed by atoms with E-state index < -0.39 is 22.3 Å². The molecule has 2 rings (SSSR count). The second kappa shape index (κ2) is 5.58. The minimum absolute atomic E-state index is 0.0263. The van der Waals surface area contributed by atoms with E-state index in [4.69, 9.17) is 14.7 Å². The van der Waals surface area contributed by atoms with Gasteiger partial charge in [0.25, 0.3) is 0 Å². The summed E-state index contributed by atoms with van der Waals surface area (Å²) in [6, 6.07) is 0. The molecule has 1 unspecified atom stereocenters. The summed E-state index contributed by atoms with van der Waals surface area (Å²) < 4.78 is 29.6. The van der Waals surface area contributed by atoms with E-state index in [0.29, 0.717) is 5.52 Å². The zero-order valence-electron chi connectivity index (χ0n) is 9.60. The molecule has 0 aliphatic carbocycles. The van der Waals surface area contributed by atoms with E-state index in [0.717, 1.165) is 0 Å². The van der Waals surface area contributed by atoms with Gasteiger partial charge in [0.15, 0.2) is 11.5 Å². The normalized spacial score (nSPS) is 15.2. The van der Waals surface area contributed by atoms with Gasteiger partial charge >= 0.3 is 15.6 Å². The first-order valence-electron chi connectivity index (χ1n) is 4.92. The molecule has 0 radical (unpaired) electrons. The predicted molar refractivity (Wildman–Crippen MR) is 62.9 cm³/mol. The number of rotatable bonds is 5. The first-order valence-corrected chi connectivity index (χ1v) is 7.95. The van der Waals surface area contributed by atoms with Crippen LogP contribution < -0.4 is 0 Å². The highest BCUT2D eigenvalue weighted by Gasteiger charge is 2.32. The van der Waals surface area contributed by atoms with Crippen molar-refractivity contribution in [1.29, 1.82) is 0 Å². The summed E-state index contributed by atoms with van der Waals surface area (Å²) in [5.74, 6) is -0.0263. The second-order valence-corrected chi connectivity index (χ2v) is 6.20. The Morgan fingerprint density at radius 1 is 1.10 bits per heavy atom. The molecule has 0 fully saturated rings. The summed E-state index contributed by atoms with van der Waals surface area (Å²) >= 11 is 0. The molecule has 0 saturated carbocycles. The Morgan fingerprint density at radius 2 is 1.80 bits per heavy atom. The van der Waals surface area contributed by atoms with Gasteiger partial charge < -0.3 is 14.7 Å². The van der Waals surface area contributed by atoms with Gasteiger partial charge in [0.2, 0.25) is 0 Å². The maximum Gasteiger partial charge on any atom is 0.481 e. The van der Waals surface area contributed by atoms with Crippen LogP contribution in [0.2, 0.25) is 0 Å². The summed E-state index contributed by atoms with van der Waals surface area (Å²) in [7, 11) is -10.1. The number of aromatic nitrogens is 4. The molecule has 0 amide bonds. The predicted octanol–water partition coefficient (Wildman–Crippen LogP) is 0.146. The van der Waals surface area contributed by atoms with Crippen LogP contribution in [0.1, 0.15) is 5.82 Å². The molecular formula is C7H8N4O7P2. The van der Waals surface area contributed by atoms with Crippen LogP contribution in [0.3, 0.4) is 0 Å². The van der Waals surface area contributed by atoms with Crippen molar-refractivity contribution >= 4 is 26.8 Å². The van der Waals surface area contributed by atoms with Gasteiger partial charge in [-0.25, -0.2) is 29.1 Å². The summed E-state index contributed by atoms with van der Waals surface area (Å²) in [4.78, 5) is 41.4. The SMILES string of the molecule is O=P(O)(O)OP(=O)(O)OCc1ncc2nccnc2n1. The zero-order valence-corrected chi connectivity index (χ0v) is 11.4. The first kappa shape index (κ1) is 15.1. The highest BCUT2D eigenvalue weighted by atomic mass is 31.3. The Morgan fingerprint density at radius 3 is 2.50 bits per heavy atom. The topological polar surface area (TPSA) is 165 Å². The summed E-state index contributed by atoms with van der Waals surface area (Å²) in [6.07, 6.45) is 4.16. The molecule has 2 aromatic heterocycles. The number of nitrogens with zero attached hydrogens (tertiary/aromatic N) is 4. The van der Waals surface area contributed by atoms with E-state index in [1.807, 2.05) is 0 Å². The number of hydrogen-bond acceptors (Lipinski definition) is 8. The molecule has 2 aromatic rings. The molecule has 20 heavy (non-hydrogen) atoms. The zero-order chi connectivity index (χ0) is 14.8. The Bertz CT molecular complexity index is 719. The van der Waals surface area contributed by atoms with Gasteiger partial charge in [0.1, 0.15) is 12.1 Å². The van der Waals surface area contributed by atoms with Crippen molar-refractivity contribution in [3.8, 4) is 0 Å². The van der Waals surface area contributed by atoms with Crippen LogP contribution in [-0.2, 0) is 24.6 Å². The molecule has 0 saturated heterocycles. The maximum absolute atomic E-state index is 11.2. The summed E-state index contributed by atoms with van der Waals surface area (Å²) in [5.41, 5.74) is 0.652. The smallest absolute Gasteiger partial charge is 0.302 e. The molecule has 2 heterocycles. The van der Waals surface area contributed by atoms with Crippen LogP contribution in [0.4, 0.5) is 0 Å². The van der Waals surface area contributed by atoms with Crippen LogP contribution in [0, 0.1) is 0 Å². The minimum Gasteiger partial charge on any atom is -0.302 e. The Hall–Kier alpha value is -1.32. The lowest BCUT2D eigenvalue weighted by Crippen LogP contribution is -2.01. The maximum atomic E-state index is 11.2. The van der Waals surface area contributed by atoms with E-state index in [2.05, 4.69) is 28.8 Å². The van der Waals surface area contributed by atoms with Gasteiger partial charge in [0, 0.05) is 12.4 Å². The van der Waals surface area contributed by atoms with Crippen molar-refractivity contribution < 1.29 is 32.6 Å². The Labute approximate surface area is 111 Å². The largest absolute Gasteiger partial charge is 0.481 e. The van der Waals surface area contributed by atoms with Gasteiger partial charge in [0.05, 0.1) is 6.20 Å². The van der Waals surface area contributed by atoms with Crippen molar-refractivity contribution in [2.75, 3.05) is 0 Å². The van der Waals surface area contributed by atoms with E-state index in [9.17, 15) is 9.13 Å². The monoisotopic (exact) mass is 322 g/mol. The molecule has 108 valence electrons. The van der Waals surface area contributed by atoms with Crippen LogP contribution >= 0.6 is 15.6 Å². The number of fused-ring (bicyclic) bond motifs is 1. The summed E-state index contributed by atoms with van der Waals surface area (Å²) in [6.45, 7) is -0.597. The van der Waals surface area contributed by atoms with Crippen molar-refractivity contribution in [3.05, 3.63) is 24.4 Å². The van der Waals surface area contributed by atoms with Crippen molar-refractivity contribution in [2.45, 2.75) is 6.61 Å². The molecule has 0 aromatic carbocycles. The fourth-order valence-corrected chi connectivity index (χ4v) is 2.71. The summed E-state index contributed by atoms with van der Waals surface area (Å²) in [5, 5.41) is 0. The van der Waals surface area contributed by atoms with E-state index in [1.54, 1.807) is 0 Å². The van der Waals surface area contributed by atoms with E-state index in [-0.39, 0.29) is 11.5 Å². The second-order valence-electron chi connectivity index (χ2n) is 3.37. The Balaban J connectivity index is 2.09. The molecule has 0 bridgehead atoms. The quantitative estimate of drug-likeness (QED) is 0.641. The molecule has 0 aliphatic heterocycles. The molecule has 11 nitrogen and oxygen atoms in total. The lowest BCUT2D eigenvalue weighted by molar-refractivity contribution is 0.169. The van der Waals surface area contributed by atoms with E-state index >= 15 is 0 Å². The number of phosphoric acid groups is 2. The van der Waals surface area contributed by atoms with Gasteiger partial charge in [-0.3, -0.25) is 4.52 Å².